The Morgan fingerprint density at radius 1 is 1.20 bits per heavy atom. The van der Waals surface area contributed by atoms with Gasteiger partial charge < -0.3 is 20.3 Å². The Morgan fingerprint density at radius 3 is 2.77 bits per heavy atom. The molecule has 0 unspecified atom stereocenters. The van der Waals surface area contributed by atoms with Crippen molar-refractivity contribution in [1.82, 2.24) is 25.1 Å². The predicted octanol–water partition coefficient (Wildman–Crippen LogP) is 3.23. The van der Waals surface area contributed by atoms with Crippen molar-refractivity contribution in [2.24, 2.45) is 0 Å². The van der Waals surface area contributed by atoms with Crippen molar-refractivity contribution in [3.63, 3.8) is 0 Å². The van der Waals surface area contributed by atoms with E-state index in [9.17, 15) is 0 Å². The summed E-state index contributed by atoms with van der Waals surface area (Å²) in [6.07, 6.45) is 0.798. The normalized spacial score (nSPS) is 14.4. The highest BCUT2D eigenvalue weighted by Gasteiger charge is 2.21. The number of ether oxygens (including phenoxy) is 1. The Morgan fingerprint density at radius 2 is 2.03 bits per heavy atom. The van der Waals surface area contributed by atoms with Crippen molar-refractivity contribution in [2.45, 2.75) is 26.8 Å². The molecule has 30 heavy (non-hydrogen) atoms. The number of hydrogen-bond acceptors (Lipinski definition) is 7. The van der Waals surface area contributed by atoms with Gasteiger partial charge in [0.15, 0.2) is 5.82 Å². The van der Waals surface area contributed by atoms with E-state index in [1.165, 1.54) is 0 Å². The highest BCUT2D eigenvalue weighted by molar-refractivity contribution is 6.30. The smallest absolute Gasteiger partial charge is 0.228 e. The van der Waals surface area contributed by atoms with Gasteiger partial charge in [0.05, 0.1) is 18.8 Å². The van der Waals surface area contributed by atoms with Gasteiger partial charge in [-0.15, -0.1) is 0 Å². The molecule has 0 spiro atoms. The maximum absolute atomic E-state index is 6.20. The zero-order valence-corrected chi connectivity index (χ0v) is 18.2. The summed E-state index contributed by atoms with van der Waals surface area (Å²) >= 11 is 6.20. The van der Waals surface area contributed by atoms with Crippen LogP contribution in [0.2, 0.25) is 5.02 Å². The number of anilines is 3. The number of aromatic nitrogens is 4. The molecule has 0 aliphatic carbocycles. The summed E-state index contributed by atoms with van der Waals surface area (Å²) in [5.41, 5.74) is 3.63. The predicted molar refractivity (Wildman–Crippen MR) is 121 cm³/mol. The van der Waals surface area contributed by atoms with Gasteiger partial charge in [-0.2, -0.15) is 10.1 Å². The van der Waals surface area contributed by atoms with Crippen LogP contribution < -0.4 is 15.5 Å². The van der Waals surface area contributed by atoms with Gasteiger partial charge in [-0.1, -0.05) is 24.6 Å². The van der Waals surface area contributed by atoms with Crippen LogP contribution in [0.25, 0.3) is 11.0 Å². The lowest BCUT2D eigenvalue weighted by molar-refractivity contribution is 0.137. The zero-order valence-electron chi connectivity index (χ0n) is 17.5. The molecule has 2 N–H and O–H groups in total. The van der Waals surface area contributed by atoms with E-state index < -0.39 is 0 Å². The van der Waals surface area contributed by atoms with Crippen LogP contribution in [0.1, 0.15) is 19.5 Å². The van der Waals surface area contributed by atoms with E-state index in [4.69, 9.17) is 31.4 Å². The lowest BCUT2D eigenvalue weighted by Crippen LogP contribution is -2.44. The van der Waals surface area contributed by atoms with Crippen LogP contribution in [0, 0.1) is 0 Å². The van der Waals surface area contributed by atoms with Crippen LogP contribution in [0.15, 0.2) is 24.3 Å². The number of piperazine rings is 1. The minimum absolute atomic E-state index is 0.590. The second kappa shape index (κ2) is 9.59. The first kappa shape index (κ1) is 20.8. The number of hydrogen-bond donors (Lipinski definition) is 2. The van der Waals surface area contributed by atoms with E-state index in [1.54, 1.807) is 0 Å². The average molecular weight is 430 g/mol. The Hall–Kier alpha value is -2.42. The number of fused-ring (bicyclic) bond motifs is 1. The number of rotatable bonds is 8. The average Bonchev–Trinajstić information content (AvgIpc) is 3.12. The SMILES string of the molecule is CCOCCn1nc(CC)c2nc(N3CCNCC3)nc(Nc3cccc(Cl)c3)c21. The first-order valence-corrected chi connectivity index (χ1v) is 10.9. The quantitative estimate of drug-likeness (QED) is 0.532. The van der Waals surface area contributed by atoms with E-state index in [-0.39, 0.29) is 0 Å². The molecule has 3 heterocycles. The summed E-state index contributed by atoms with van der Waals surface area (Å²) < 4.78 is 7.52. The van der Waals surface area contributed by atoms with Crippen LogP contribution in [0.3, 0.4) is 0 Å². The molecule has 4 rings (SSSR count). The molecule has 8 nitrogen and oxygen atoms in total. The zero-order chi connectivity index (χ0) is 20.9. The number of benzene rings is 1. The molecule has 0 atom stereocenters. The third-order valence-corrected chi connectivity index (χ3v) is 5.35. The Kier molecular flexibility index (Phi) is 6.66. The van der Waals surface area contributed by atoms with Gasteiger partial charge in [-0.25, -0.2) is 4.98 Å². The van der Waals surface area contributed by atoms with E-state index >= 15 is 0 Å². The highest BCUT2D eigenvalue weighted by atomic mass is 35.5. The minimum atomic E-state index is 0.590. The largest absolute Gasteiger partial charge is 0.380 e. The van der Waals surface area contributed by atoms with Crippen LogP contribution in [-0.2, 0) is 17.7 Å². The fourth-order valence-electron chi connectivity index (χ4n) is 3.62. The van der Waals surface area contributed by atoms with Gasteiger partial charge in [0.2, 0.25) is 5.95 Å². The van der Waals surface area contributed by atoms with Crippen molar-refractivity contribution in [3.8, 4) is 0 Å². The van der Waals surface area contributed by atoms with Gasteiger partial charge in [0.1, 0.15) is 11.0 Å². The van der Waals surface area contributed by atoms with Gasteiger partial charge in [-0.05, 0) is 31.5 Å². The third kappa shape index (κ3) is 4.50. The number of halogens is 1. The van der Waals surface area contributed by atoms with Crippen LogP contribution in [-0.4, -0.2) is 59.1 Å². The molecule has 160 valence electrons. The van der Waals surface area contributed by atoms with Crippen molar-refractivity contribution in [2.75, 3.05) is 49.6 Å². The molecule has 1 aromatic carbocycles. The highest BCUT2D eigenvalue weighted by Crippen LogP contribution is 2.30. The Bertz CT molecular complexity index is 1000. The molecule has 0 amide bonds. The van der Waals surface area contributed by atoms with Crippen LogP contribution in [0.4, 0.5) is 17.5 Å². The molecule has 2 aromatic heterocycles. The van der Waals surface area contributed by atoms with Crippen molar-refractivity contribution < 1.29 is 4.74 Å². The minimum Gasteiger partial charge on any atom is -0.380 e. The summed E-state index contributed by atoms with van der Waals surface area (Å²) in [4.78, 5) is 12.1. The monoisotopic (exact) mass is 429 g/mol. The second-order valence-corrected chi connectivity index (χ2v) is 7.60. The number of nitrogens with one attached hydrogen (secondary N) is 2. The lowest BCUT2D eigenvalue weighted by Gasteiger charge is -2.27. The molecule has 0 bridgehead atoms. The van der Waals surface area contributed by atoms with Crippen LogP contribution >= 0.6 is 11.6 Å². The van der Waals surface area contributed by atoms with Gasteiger partial charge >= 0.3 is 0 Å². The standard InChI is InChI=1S/C21H28ClN7O/c1-3-17-18-19(29(27-17)12-13-30-4-2)20(24-16-7-5-6-15(22)14-16)26-21(25-18)28-10-8-23-9-11-28/h5-7,14,23H,3-4,8-13H2,1-2H3,(H,24,25,26). The fourth-order valence-corrected chi connectivity index (χ4v) is 3.81. The summed E-state index contributed by atoms with van der Waals surface area (Å²) in [7, 11) is 0. The van der Waals surface area contributed by atoms with E-state index in [2.05, 4.69) is 22.5 Å². The topological polar surface area (TPSA) is 80.1 Å². The van der Waals surface area contributed by atoms with Gasteiger partial charge in [-0.3, -0.25) is 4.68 Å². The summed E-state index contributed by atoms with van der Waals surface area (Å²) in [5.74, 6) is 1.46. The summed E-state index contributed by atoms with van der Waals surface area (Å²) in [6, 6.07) is 7.65. The molecular weight excluding hydrogens is 402 g/mol. The first-order valence-electron chi connectivity index (χ1n) is 10.5. The summed E-state index contributed by atoms with van der Waals surface area (Å²) in [5, 5.41) is 12.3. The molecular formula is C21H28ClN7O. The van der Waals surface area contributed by atoms with Crippen molar-refractivity contribution in [1.29, 1.82) is 0 Å². The van der Waals surface area contributed by atoms with Gasteiger partial charge in [0.25, 0.3) is 0 Å². The molecule has 1 fully saturated rings. The first-order chi connectivity index (χ1) is 14.7. The fraction of sp³-hybridized carbons (Fsp3) is 0.476. The Balaban J connectivity index is 1.81. The maximum atomic E-state index is 6.20. The van der Waals surface area contributed by atoms with Crippen molar-refractivity contribution >= 4 is 40.1 Å². The molecule has 0 radical (unpaired) electrons. The molecule has 3 aromatic rings. The second-order valence-electron chi connectivity index (χ2n) is 7.16. The van der Waals surface area contributed by atoms with E-state index in [0.717, 1.165) is 66.8 Å². The van der Waals surface area contributed by atoms with E-state index in [0.29, 0.717) is 24.8 Å². The third-order valence-electron chi connectivity index (χ3n) is 5.12. The van der Waals surface area contributed by atoms with Gasteiger partial charge in [0, 0.05) is 43.5 Å². The molecule has 9 heteroatoms. The van der Waals surface area contributed by atoms with Crippen LogP contribution in [0.5, 0.6) is 0 Å². The molecule has 0 saturated carbocycles. The summed E-state index contributed by atoms with van der Waals surface area (Å²) in [6.45, 7) is 9.61. The maximum Gasteiger partial charge on any atom is 0.228 e. The number of nitrogens with zero attached hydrogens (tertiary/aromatic N) is 5. The van der Waals surface area contributed by atoms with Crippen molar-refractivity contribution in [3.05, 3.63) is 35.0 Å². The molecule has 1 aliphatic heterocycles. The number of aryl methyl sites for hydroxylation is 1. The Labute approximate surface area is 181 Å². The molecule has 1 aliphatic rings. The van der Waals surface area contributed by atoms with E-state index in [1.807, 2.05) is 35.9 Å². The lowest BCUT2D eigenvalue weighted by atomic mass is 10.2. The molecule has 1 saturated heterocycles.